The minimum absolute atomic E-state index is 0.0505. The first kappa shape index (κ1) is 26.7. The molecule has 12 nitrogen and oxygen atoms in total. The molecular formula is C29H28N2O10. The molecule has 1 aliphatic carbocycles. The maximum Gasteiger partial charge on any atom is 0.310 e. The second kappa shape index (κ2) is 10.5. The second-order valence-electron chi connectivity index (χ2n) is 9.92. The summed E-state index contributed by atoms with van der Waals surface area (Å²) in [6, 6.07) is 12.3. The van der Waals surface area contributed by atoms with E-state index in [-0.39, 0.29) is 30.6 Å². The fourth-order valence-electron chi connectivity index (χ4n) is 6.02. The van der Waals surface area contributed by atoms with Crippen molar-refractivity contribution in [2.45, 2.75) is 12.0 Å². The molecule has 3 aromatic carbocycles. The molecule has 1 unspecified atom stereocenters. The van der Waals surface area contributed by atoms with Gasteiger partial charge in [0.2, 0.25) is 12.5 Å². The molecule has 0 radical (unpaired) electrons. The highest BCUT2D eigenvalue weighted by Gasteiger charge is 2.53. The summed E-state index contributed by atoms with van der Waals surface area (Å²) in [5.41, 5.74) is 2.60. The van der Waals surface area contributed by atoms with Gasteiger partial charge in [-0.1, -0.05) is 0 Å². The van der Waals surface area contributed by atoms with E-state index in [1.54, 1.807) is 0 Å². The Balaban J connectivity index is 1.47. The molecule has 1 amide bonds. The number of cyclic esters (lactones) is 1. The second-order valence-corrected chi connectivity index (χ2v) is 9.92. The van der Waals surface area contributed by atoms with Gasteiger partial charge in [0.15, 0.2) is 28.7 Å². The number of benzene rings is 3. The Bertz CT molecular complexity index is 1480. The predicted octanol–water partition coefficient (Wildman–Crippen LogP) is 2.25. The van der Waals surface area contributed by atoms with Crippen molar-refractivity contribution in [2.75, 3.05) is 34.7 Å². The number of quaternary nitrogens is 1. The monoisotopic (exact) mass is 564 g/mol. The summed E-state index contributed by atoms with van der Waals surface area (Å²) in [4.78, 5) is 26.7. The summed E-state index contributed by atoms with van der Waals surface area (Å²) >= 11 is 0. The van der Waals surface area contributed by atoms with Gasteiger partial charge in [0, 0.05) is 29.5 Å². The van der Waals surface area contributed by atoms with Gasteiger partial charge in [-0.25, -0.2) is 5.21 Å². The lowest BCUT2D eigenvalue weighted by molar-refractivity contribution is -0.991. The Morgan fingerprint density at radius 3 is 2.17 bits per heavy atom. The van der Waals surface area contributed by atoms with Crippen LogP contribution in [-0.2, 0) is 9.53 Å². The van der Waals surface area contributed by atoms with Crippen molar-refractivity contribution >= 4 is 17.6 Å². The molecule has 3 aromatic rings. The van der Waals surface area contributed by atoms with Gasteiger partial charge in [0.05, 0.1) is 39.9 Å². The average Bonchev–Trinajstić information content (AvgIpc) is 3.61. The van der Waals surface area contributed by atoms with Crippen LogP contribution < -0.4 is 34.2 Å². The van der Waals surface area contributed by atoms with Crippen molar-refractivity contribution in [3.8, 4) is 28.7 Å². The van der Waals surface area contributed by atoms with Crippen LogP contribution in [0.15, 0.2) is 48.5 Å². The topological polar surface area (TPSA) is 149 Å². The maximum absolute atomic E-state index is 13.4. The lowest BCUT2D eigenvalue weighted by Crippen LogP contribution is -2.99. The van der Waals surface area contributed by atoms with Crippen LogP contribution in [0.5, 0.6) is 28.7 Å². The Morgan fingerprint density at radius 2 is 1.59 bits per heavy atom. The molecule has 2 aliphatic heterocycles. The van der Waals surface area contributed by atoms with Crippen LogP contribution in [0.25, 0.3) is 0 Å². The summed E-state index contributed by atoms with van der Waals surface area (Å²) in [7, 11) is 4.56. The Morgan fingerprint density at radius 1 is 0.951 bits per heavy atom. The largest absolute Gasteiger partial charge is 0.595 e. The molecule has 3 N–H and O–H groups in total. The molecule has 2 heterocycles. The van der Waals surface area contributed by atoms with E-state index in [0.717, 1.165) is 16.7 Å². The normalized spacial score (nSPS) is 22.7. The van der Waals surface area contributed by atoms with E-state index < -0.39 is 34.9 Å². The zero-order valence-corrected chi connectivity index (χ0v) is 22.5. The highest BCUT2D eigenvalue weighted by Crippen LogP contribution is 2.55. The van der Waals surface area contributed by atoms with E-state index in [0.29, 0.717) is 28.7 Å². The number of hydrogen-bond acceptors (Lipinski definition) is 10. The smallest absolute Gasteiger partial charge is 0.310 e. The van der Waals surface area contributed by atoms with E-state index in [2.05, 4.69) is 5.32 Å². The molecule has 41 heavy (non-hydrogen) atoms. The first-order valence-electron chi connectivity index (χ1n) is 12.9. The van der Waals surface area contributed by atoms with Crippen LogP contribution in [0.1, 0.15) is 39.0 Å². The minimum Gasteiger partial charge on any atom is -0.595 e. The van der Waals surface area contributed by atoms with Gasteiger partial charge in [-0.05, 0) is 53.1 Å². The van der Waals surface area contributed by atoms with Crippen LogP contribution in [0, 0.1) is 17.0 Å². The first-order valence-corrected chi connectivity index (χ1v) is 12.9. The van der Waals surface area contributed by atoms with Crippen LogP contribution in [0.4, 0.5) is 5.69 Å². The number of amides is 1. The zero-order valence-electron chi connectivity index (χ0n) is 22.5. The molecule has 0 saturated carbocycles. The minimum atomic E-state index is -1.09. The Labute approximate surface area is 234 Å². The van der Waals surface area contributed by atoms with Crippen LogP contribution >= 0.6 is 0 Å². The number of carbonyl (C=O) groups excluding carboxylic acids is 2. The number of hydrogen-bond donors (Lipinski definition) is 3. The fraction of sp³-hybridized carbons (Fsp3) is 0.310. The third-order valence-electron chi connectivity index (χ3n) is 7.91. The average molecular weight is 565 g/mol. The molecule has 214 valence electrons. The number of carbonyl (C=O) groups is 2. The fourth-order valence-corrected chi connectivity index (χ4v) is 6.02. The van der Waals surface area contributed by atoms with Gasteiger partial charge in [-0.3, -0.25) is 9.59 Å². The molecule has 5 atom stereocenters. The number of esters is 1. The highest BCUT2D eigenvalue weighted by molar-refractivity contribution is 5.95. The number of rotatable bonds is 7. The van der Waals surface area contributed by atoms with Crippen LogP contribution in [-0.4, -0.2) is 51.8 Å². The van der Waals surface area contributed by atoms with E-state index in [9.17, 15) is 20.0 Å². The lowest BCUT2D eigenvalue weighted by atomic mass is 9.65. The quantitative estimate of drug-likeness (QED) is 0.288. The third-order valence-corrected chi connectivity index (χ3v) is 7.91. The summed E-state index contributed by atoms with van der Waals surface area (Å²) in [5.74, 6) is -0.00329. The van der Waals surface area contributed by atoms with Gasteiger partial charge in [-0.15, -0.1) is 0 Å². The van der Waals surface area contributed by atoms with E-state index in [1.165, 1.54) is 45.6 Å². The highest BCUT2D eigenvalue weighted by atomic mass is 16.8. The number of ether oxygens (including phenoxy) is 6. The number of fused-ring (bicyclic) bond motifs is 3. The van der Waals surface area contributed by atoms with Crippen molar-refractivity contribution in [1.82, 2.24) is 5.32 Å². The van der Waals surface area contributed by atoms with Crippen molar-refractivity contribution in [3.05, 3.63) is 76.0 Å². The van der Waals surface area contributed by atoms with Gasteiger partial charge in [-0.2, -0.15) is 5.23 Å². The summed E-state index contributed by atoms with van der Waals surface area (Å²) in [6.45, 7) is 0.149. The van der Waals surface area contributed by atoms with E-state index in [1.807, 2.05) is 24.3 Å². The van der Waals surface area contributed by atoms with Gasteiger partial charge >= 0.3 is 5.97 Å². The van der Waals surface area contributed by atoms with Gasteiger partial charge in [0.1, 0.15) is 0 Å². The molecule has 1 fully saturated rings. The van der Waals surface area contributed by atoms with Crippen molar-refractivity contribution < 1.29 is 48.4 Å². The number of nitrogens with one attached hydrogen (secondary N) is 2. The SMILES string of the molecule is COc1cc([C@@H]2c3cc4c(cc3[C@@H](NC(=O)c3ccc([NH+]([O-])O)cc3)[C@H]3COC(=O)[C@H]23)OCO4)cc(OC)c1OC. The molecule has 3 aliphatic rings. The Kier molecular flexibility index (Phi) is 6.81. The van der Waals surface area contributed by atoms with E-state index in [4.69, 9.17) is 28.4 Å². The summed E-state index contributed by atoms with van der Waals surface area (Å²) in [6.07, 6.45) is 0. The molecule has 12 heteroatoms. The predicted molar refractivity (Wildman–Crippen MR) is 141 cm³/mol. The van der Waals surface area contributed by atoms with Crippen molar-refractivity contribution in [2.24, 2.45) is 11.8 Å². The summed E-state index contributed by atoms with van der Waals surface area (Å²) < 4.78 is 33.6. The molecule has 0 aromatic heterocycles. The maximum atomic E-state index is 13.4. The van der Waals surface area contributed by atoms with Crippen LogP contribution in [0.3, 0.4) is 0 Å². The number of methoxy groups -OCH3 is 3. The van der Waals surface area contributed by atoms with E-state index >= 15 is 0 Å². The molecular weight excluding hydrogens is 536 g/mol. The molecule has 0 bridgehead atoms. The molecule has 0 spiro atoms. The summed E-state index contributed by atoms with van der Waals surface area (Å²) in [5, 5.41) is 22.5. The molecule has 6 rings (SSSR count). The lowest BCUT2D eigenvalue weighted by Gasteiger charge is -2.39. The molecule has 1 saturated heterocycles. The van der Waals surface area contributed by atoms with Crippen LogP contribution in [0.2, 0.25) is 0 Å². The third kappa shape index (κ3) is 4.46. The zero-order chi connectivity index (χ0) is 28.8. The first-order chi connectivity index (χ1) is 19.8. The standard InChI is InChI=1S/C29H28N2O10/c1-36-22-8-15(9-23(37-2)27(22)38-3)24-17-10-20-21(41-13-40-20)11-18(17)26(19-12-39-29(33)25(19)24)30-28(32)14-4-6-16(7-5-14)31(34)35/h4-11,19,24-26,31,34H,12-13H2,1-3H3,(H,30,32)/t19-,24+,25-,26+/m0/s1. The van der Waals surface area contributed by atoms with Crippen molar-refractivity contribution in [3.63, 3.8) is 0 Å². The van der Waals surface area contributed by atoms with Crippen molar-refractivity contribution in [1.29, 1.82) is 0 Å². The Hall–Kier alpha value is -4.52. The van der Waals surface area contributed by atoms with Gasteiger partial charge < -0.3 is 38.9 Å². The van der Waals surface area contributed by atoms with Gasteiger partial charge in [0.25, 0.3) is 5.91 Å².